The molecule has 112 valence electrons. The molecule has 0 bridgehead atoms. The van der Waals surface area contributed by atoms with Crippen LogP contribution in [0.4, 0.5) is 0 Å². The van der Waals surface area contributed by atoms with Gasteiger partial charge in [0.05, 0.1) is 17.1 Å². The van der Waals surface area contributed by atoms with Gasteiger partial charge in [-0.1, -0.05) is 18.2 Å². The molecule has 0 unspecified atom stereocenters. The molecular weight excluding hydrogens is 278 g/mol. The Labute approximate surface area is 125 Å². The molecule has 0 fully saturated rings. The Bertz CT molecular complexity index is 431. The zero-order valence-corrected chi connectivity index (χ0v) is 13.1. The van der Waals surface area contributed by atoms with Crippen LogP contribution in [0.15, 0.2) is 24.3 Å². The molecule has 0 aromatic heterocycles. The van der Waals surface area contributed by atoms with E-state index < -0.39 is 18.3 Å². The lowest BCUT2D eigenvalue weighted by atomic mass is 9.76. The highest BCUT2D eigenvalue weighted by Crippen LogP contribution is 2.25. The van der Waals surface area contributed by atoms with Crippen LogP contribution in [0.2, 0.25) is 0 Å². The van der Waals surface area contributed by atoms with Gasteiger partial charge in [-0.2, -0.15) is 0 Å². The van der Waals surface area contributed by atoms with Crippen LogP contribution < -0.4 is 10.2 Å². The fourth-order valence-electron chi connectivity index (χ4n) is 1.45. The van der Waals surface area contributed by atoms with Crippen molar-refractivity contribution in [2.24, 2.45) is 0 Å². The smallest absolute Gasteiger partial charge is 0.493 e. The van der Waals surface area contributed by atoms with E-state index in [4.69, 9.17) is 21.0 Å². The minimum absolute atomic E-state index is 0.347. The topological polar surface area (TPSA) is 58.9 Å². The highest BCUT2D eigenvalue weighted by atomic mass is 35.5. The molecule has 0 heterocycles. The zero-order valence-electron chi connectivity index (χ0n) is 12.4. The van der Waals surface area contributed by atoms with Gasteiger partial charge in [0, 0.05) is 5.46 Å². The van der Waals surface area contributed by atoms with E-state index in [1.54, 1.807) is 52.0 Å². The second-order valence-electron chi connectivity index (χ2n) is 5.61. The third-order valence-electron chi connectivity index (χ3n) is 3.40. The summed E-state index contributed by atoms with van der Waals surface area (Å²) < 4.78 is 11.1. The number of alkyl halides is 1. The quantitative estimate of drug-likeness (QED) is 0.593. The number of halogens is 1. The van der Waals surface area contributed by atoms with Gasteiger partial charge in [0.15, 0.2) is 0 Å². The number of benzene rings is 1. The zero-order chi connectivity index (χ0) is 15.4. The molecule has 0 aliphatic heterocycles. The van der Waals surface area contributed by atoms with Crippen LogP contribution in [0.5, 0.6) is 5.75 Å². The maximum Gasteiger partial charge on any atom is 0.495 e. The van der Waals surface area contributed by atoms with Crippen molar-refractivity contribution >= 4 is 24.2 Å². The molecule has 20 heavy (non-hydrogen) atoms. The van der Waals surface area contributed by atoms with Crippen LogP contribution in [0.25, 0.3) is 0 Å². The van der Waals surface area contributed by atoms with Crippen molar-refractivity contribution < 1.29 is 19.5 Å². The van der Waals surface area contributed by atoms with Crippen LogP contribution in [-0.2, 0) is 4.65 Å². The molecule has 1 aromatic carbocycles. The van der Waals surface area contributed by atoms with Crippen molar-refractivity contribution in [3.63, 3.8) is 0 Å². The largest absolute Gasteiger partial charge is 0.495 e. The van der Waals surface area contributed by atoms with E-state index in [1.165, 1.54) is 0 Å². The predicted octanol–water partition coefficient (Wildman–Crippen LogP) is 1.56. The third kappa shape index (κ3) is 4.38. The molecular formula is C14H22BClO4. The van der Waals surface area contributed by atoms with E-state index >= 15 is 0 Å². The second kappa shape index (κ2) is 6.81. The number of hydrogen-bond acceptors (Lipinski definition) is 4. The normalized spacial score (nSPS) is 12.3. The maximum atomic E-state index is 10.3. The predicted molar refractivity (Wildman–Crippen MR) is 81.7 cm³/mol. The first-order chi connectivity index (χ1) is 9.19. The summed E-state index contributed by atoms with van der Waals surface area (Å²) in [5.74, 6) is 0.882. The van der Waals surface area contributed by atoms with Crippen molar-refractivity contribution in [2.75, 3.05) is 12.5 Å². The lowest BCUT2D eigenvalue weighted by Crippen LogP contribution is -2.53. The maximum absolute atomic E-state index is 10.3. The first kappa shape index (κ1) is 17.3. The number of rotatable bonds is 7. The molecule has 0 amide bonds. The average molecular weight is 301 g/mol. The van der Waals surface area contributed by atoms with E-state index in [0.717, 1.165) is 0 Å². The molecule has 6 heteroatoms. The van der Waals surface area contributed by atoms with Crippen molar-refractivity contribution in [2.45, 2.75) is 38.9 Å². The van der Waals surface area contributed by atoms with Crippen LogP contribution in [-0.4, -0.2) is 40.9 Å². The molecule has 0 aliphatic carbocycles. The van der Waals surface area contributed by atoms with Crippen molar-refractivity contribution in [1.29, 1.82) is 0 Å². The number of para-hydroxylation sites is 1. The van der Waals surface area contributed by atoms with Crippen LogP contribution in [0.1, 0.15) is 27.7 Å². The minimum atomic E-state index is -1.19. The van der Waals surface area contributed by atoms with E-state index in [-0.39, 0.29) is 0 Å². The average Bonchev–Trinajstić information content (AvgIpc) is 2.34. The summed E-state index contributed by atoms with van der Waals surface area (Å²) in [5, 5.41) is 20.3. The molecule has 2 N–H and O–H groups in total. The molecule has 1 rings (SSSR count). The van der Waals surface area contributed by atoms with E-state index in [2.05, 4.69) is 0 Å². The molecule has 4 nitrogen and oxygen atoms in total. The van der Waals surface area contributed by atoms with Crippen LogP contribution in [0.3, 0.4) is 0 Å². The standard InChI is InChI=1S/C14H22BClO4/c1-13(2,17)14(3,4)20-15(18)11-7-5-6-8-12(11)19-10-9-16/h5-8,17-18H,9-10H2,1-4H3. The molecule has 0 atom stereocenters. The van der Waals surface area contributed by atoms with Crippen LogP contribution >= 0.6 is 11.6 Å². The summed E-state index contributed by atoms with van der Waals surface area (Å²) in [4.78, 5) is 0. The molecule has 0 spiro atoms. The molecule has 1 aromatic rings. The summed E-state index contributed by atoms with van der Waals surface area (Å²) in [5.41, 5.74) is -1.51. The minimum Gasteiger partial charge on any atom is -0.493 e. The van der Waals surface area contributed by atoms with Gasteiger partial charge in [0.2, 0.25) is 0 Å². The van der Waals surface area contributed by atoms with E-state index in [0.29, 0.717) is 23.7 Å². The summed E-state index contributed by atoms with van der Waals surface area (Å²) in [6.45, 7) is 7.06. The van der Waals surface area contributed by atoms with Gasteiger partial charge in [0.1, 0.15) is 12.4 Å². The van der Waals surface area contributed by atoms with Gasteiger partial charge in [-0.05, 0) is 33.8 Å². The number of ether oxygens (including phenoxy) is 1. The molecule has 0 radical (unpaired) electrons. The fourth-order valence-corrected chi connectivity index (χ4v) is 1.53. The van der Waals surface area contributed by atoms with Crippen LogP contribution in [0, 0.1) is 0 Å². The summed E-state index contributed by atoms with van der Waals surface area (Å²) in [7, 11) is -1.19. The highest BCUT2D eigenvalue weighted by molar-refractivity contribution is 6.61. The lowest BCUT2D eigenvalue weighted by Gasteiger charge is -2.38. The van der Waals surface area contributed by atoms with Gasteiger partial charge in [-0.3, -0.25) is 0 Å². The van der Waals surface area contributed by atoms with Gasteiger partial charge < -0.3 is 19.5 Å². The van der Waals surface area contributed by atoms with Crippen molar-refractivity contribution in [3.8, 4) is 5.75 Å². The summed E-state index contributed by atoms with van der Waals surface area (Å²) in [6.07, 6.45) is 0. The third-order valence-corrected chi connectivity index (χ3v) is 3.55. The Morgan fingerprint density at radius 1 is 1.20 bits per heavy atom. The number of hydrogen-bond donors (Lipinski definition) is 2. The Morgan fingerprint density at radius 3 is 2.35 bits per heavy atom. The SMILES string of the molecule is CC(C)(O)C(C)(C)OB(O)c1ccccc1OCCCl. The Kier molecular flexibility index (Phi) is 5.89. The van der Waals surface area contributed by atoms with Gasteiger partial charge in [-0.25, -0.2) is 0 Å². The Balaban J connectivity index is 2.90. The summed E-state index contributed by atoms with van der Waals surface area (Å²) >= 11 is 5.60. The lowest BCUT2D eigenvalue weighted by molar-refractivity contribution is -0.0983. The molecule has 0 aliphatic rings. The van der Waals surface area contributed by atoms with E-state index in [1.807, 2.05) is 0 Å². The Morgan fingerprint density at radius 2 is 1.80 bits per heavy atom. The fraction of sp³-hybridized carbons (Fsp3) is 0.571. The summed E-state index contributed by atoms with van der Waals surface area (Å²) in [6, 6.07) is 7.05. The van der Waals surface area contributed by atoms with Gasteiger partial charge in [0.25, 0.3) is 0 Å². The number of aliphatic hydroxyl groups is 1. The first-order valence-electron chi connectivity index (χ1n) is 6.55. The monoisotopic (exact) mass is 300 g/mol. The Hall–Kier alpha value is -0.745. The first-order valence-corrected chi connectivity index (χ1v) is 7.08. The van der Waals surface area contributed by atoms with Crippen molar-refractivity contribution in [3.05, 3.63) is 24.3 Å². The van der Waals surface area contributed by atoms with E-state index in [9.17, 15) is 10.1 Å². The van der Waals surface area contributed by atoms with Crippen molar-refractivity contribution in [1.82, 2.24) is 0 Å². The second-order valence-corrected chi connectivity index (χ2v) is 5.99. The highest BCUT2D eigenvalue weighted by Gasteiger charge is 2.40. The molecule has 0 saturated carbocycles. The van der Waals surface area contributed by atoms with Gasteiger partial charge in [-0.15, -0.1) is 11.6 Å². The molecule has 0 saturated heterocycles. The van der Waals surface area contributed by atoms with Gasteiger partial charge >= 0.3 is 7.12 Å².